The number of nitro groups is 1. The van der Waals surface area contributed by atoms with E-state index in [1.807, 2.05) is 0 Å². The second kappa shape index (κ2) is 13.5. The van der Waals surface area contributed by atoms with Gasteiger partial charge in [-0.2, -0.15) is 0 Å². The number of guanidine groups is 1. The van der Waals surface area contributed by atoms with Crippen LogP contribution in [0.25, 0.3) is 0 Å². The van der Waals surface area contributed by atoms with Gasteiger partial charge in [0.1, 0.15) is 0 Å². The number of nitrogens with one attached hydrogen (secondary N) is 3. The minimum atomic E-state index is -0.396. The molecule has 1 aliphatic rings. The van der Waals surface area contributed by atoms with E-state index >= 15 is 0 Å². The molecule has 0 bridgehead atoms. The van der Waals surface area contributed by atoms with Gasteiger partial charge in [-0.15, -0.1) is 24.0 Å². The van der Waals surface area contributed by atoms with Crippen molar-refractivity contribution in [2.75, 3.05) is 45.1 Å². The molecule has 1 saturated heterocycles. The summed E-state index contributed by atoms with van der Waals surface area (Å²) < 4.78 is 0. The second-order valence-corrected chi connectivity index (χ2v) is 6.89. The number of hydrogen-bond donors (Lipinski definition) is 3. The Kier molecular flexibility index (Phi) is 11.8. The Bertz CT molecular complexity index is 611. The van der Waals surface area contributed by atoms with Gasteiger partial charge in [0.15, 0.2) is 5.96 Å². The van der Waals surface area contributed by atoms with E-state index in [2.05, 4.69) is 32.8 Å². The summed E-state index contributed by atoms with van der Waals surface area (Å²) in [6.07, 6.45) is 5.10. The van der Waals surface area contributed by atoms with E-state index in [0.717, 1.165) is 31.2 Å². The van der Waals surface area contributed by atoms with Gasteiger partial charge in [-0.3, -0.25) is 15.1 Å². The smallest absolute Gasteiger partial charge is 0.269 e. The van der Waals surface area contributed by atoms with E-state index in [-0.39, 0.29) is 29.7 Å². The number of rotatable bonds is 9. The topological polar surface area (TPSA) is 94.8 Å². The zero-order valence-corrected chi connectivity index (χ0v) is 19.1. The lowest BCUT2D eigenvalue weighted by Gasteiger charge is -2.33. The van der Waals surface area contributed by atoms with Crippen molar-refractivity contribution in [1.82, 2.24) is 15.5 Å². The molecular formula is C19H33IN6O2. The quantitative estimate of drug-likeness (QED) is 0.120. The second-order valence-electron chi connectivity index (χ2n) is 6.89. The third-order valence-electron chi connectivity index (χ3n) is 4.90. The van der Waals surface area contributed by atoms with E-state index < -0.39 is 4.92 Å². The average Bonchev–Trinajstić information content (AvgIpc) is 2.68. The molecule has 1 unspecified atom stereocenters. The molecule has 0 aromatic heterocycles. The number of nitro benzene ring substituents is 1. The zero-order chi connectivity index (χ0) is 19.5. The number of piperidine rings is 1. The summed E-state index contributed by atoms with van der Waals surface area (Å²) >= 11 is 0. The highest BCUT2D eigenvalue weighted by atomic mass is 127. The van der Waals surface area contributed by atoms with Gasteiger partial charge in [-0.1, -0.05) is 6.42 Å². The Balaban J connectivity index is 0.00000392. The first-order valence-electron chi connectivity index (χ1n) is 9.77. The number of likely N-dealkylation sites (tertiary alicyclic amines) is 1. The number of anilines is 1. The van der Waals surface area contributed by atoms with Gasteiger partial charge in [-0.05, 0) is 44.9 Å². The first-order chi connectivity index (χ1) is 13.1. The SMILES string of the molecule is CN=C(NCCCN1CCCCC1C)NCCNc1ccc([N+](=O)[O-])cc1.I. The van der Waals surface area contributed by atoms with E-state index in [9.17, 15) is 10.1 Å². The highest BCUT2D eigenvalue weighted by Gasteiger charge is 2.17. The third kappa shape index (κ3) is 8.59. The molecule has 158 valence electrons. The third-order valence-corrected chi connectivity index (χ3v) is 4.90. The molecule has 0 saturated carbocycles. The van der Waals surface area contributed by atoms with Crippen molar-refractivity contribution in [2.45, 2.75) is 38.6 Å². The normalized spacial score (nSPS) is 17.5. The number of aliphatic imine (C=N–C) groups is 1. The molecule has 0 amide bonds. The number of benzene rings is 1. The maximum absolute atomic E-state index is 10.6. The molecule has 1 aromatic carbocycles. The van der Waals surface area contributed by atoms with Gasteiger partial charge in [0.05, 0.1) is 4.92 Å². The summed E-state index contributed by atoms with van der Waals surface area (Å²) in [6.45, 7) is 6.99. The lowest BCUT2D eigenvalue weighted by Crippen LogP contribution is -2.42. The van der Waals surface area contributed by atoms with Crippen LogP contribution in [0.5, 0.6) is 0 Å². The molecule has 1 fully saturated rings. The summed E-state index contributed by atoms with van der Waals surface area (Å²) in [5.74, 6) is 0.798. The molecule has 1 atom stereocenters. The highest BCUT2D eigenvalue weighted by molar-refractivity contribution is 14.0. The standard InChI is InChI=1S/C19H32N6O2.HI/c1-16-6-3-4-14-24(16)15-5-11-22-19(20-2)23-13-12-21-17-7-9-18(10-8-17)25(26)27;/h7-10,16,21H,3-6,11-15H2,1-2H3,(H2,20,22,23);1H. The Labute approximate surface area is 184 Å². The summed E-state index contributed by atoms with van der Waals surface area (Å²) in [6, 6.07) is 7.14. The molecule has 1 aromatic rings. The van der Waals surface area contributed by atoms with E-state index in [4.69, 9.17) is 0 Å². The van der Waals surface area contributed by atoms with Crippen LogP contribution in [0.15, 0.2) is 29.3 Å². The fraction of sp³-hybridized carbons (Fsp3) is 0.632. The summed E-state index contributed by atoms with van der Waals surface area (Å²) in [5.41, 5.74) is 0.961. The van der Waals surface area contributed by atoms with Crippen LogP contribution in [0.4, 0.5) is 11.4 Å². The maximum Gasteiger partial charge on any atom is 0.269 e. The van der Waals surface area contributed by atoms with Crippen LogP contribution in [0, 0.1) is 10.1 Å². The van der Waals surface area contributed by atoms with Crippen LogP contribution in [0.3, 0.4) is 0 Å². The van der Waals surface area contributed by atoms with Gasteiger partial charge in [0.2, 0.25) is 0 Å². The summed E-state index contributed by atoms with van der Waals surface area (Å²) in [7, 11) is 1.77. The lowest BCUT2D eigenvalue weighted by atomic mass is 10.0. The van der Waals surface area contributed by atoms with E-state index in [1.54, 1.807) is 19.2 Å². The van der Waals surface area contributed by atoms with Crippen LogP contribution >= 0.6 is 24.0 Å². The minimum Gasteiger partial charge on any atom is -0.383 e. The van der Waals surface area contributed by atoms with Gasteiger partial charge < -0.3 is 20.9 Å². The largest absolute Gasteiger partial charge is 0.383 e. The van der Waals surface area contributed by atoms with Gasteiger partial charge in [-0.25, -0.2) is 0 Å². The van der Waals surface area contributed by atoms with Crippen LogP contribution in [-0.2, 0) is 0 Å². The Morgan fingerprint density at radius 1 is 1.21 bits per heavy atom. The molecule has 2 rings (SSSR count). The Morgan fingerprint density at radius 2 is 1.93 bits per heavy atom. The number of hydrogen-bond acceptors (Lipinski definition) is 5. The monoisotopic (exact) mass is 504 g/mol. The number of nitrogens with zero attached hydrogens (tertiary/aromatic N) is 3. The predicted octanol–water partition coefficient (Wildman–Crippen LogP) is 3.05. The summed E-state index contributed by atoms with van der Waals surface area (Å²) in [5, 5.41) is 20.5. The molecule has 1 heterocycles. The molecule has 1 aliphatic heterocycles. The van der Waals surface area contributed by atoms with E-state index in [0.29, 0.717) is 19.1 Å². The fourth-order valence-electron chi connectivity index (χ4n) is 3.29. The Hall–Kier alpha value is -1.62. The molecule has 0 radical (unpaired) electrons. The zero-order valence-electron chi connectivity index (χ0n) is 16.8. The van der Waals surface area contributed by atoms with Crippen molar-refractivity contribution in [3.63, 3.8) is 0 Å². The maximum atomic E-state index is 10.6. The molecule has 3 N–H and O–H groups in total. The van der Waals surface area contributed by atoms with Gasteiger partial charge in [0, 0.05) is 57.1 Å². The van der Waals surface area contributed by atoms with Crippen molar-refractivity contribution in [3.05, 3.63) is 34.4 Å². The van der Waals surface area contributed by atoms with Gasteiger partial charge >= 0.3 is 0 Å². The minimum absolute atomic E-state index is 0. The highest BCUT2D eigenvalue weighted by Crippen LogP contribution is 2.16. The van der Waals surface area contributed by atoms with Crippen molar-refractivity contribution in [1.29, 1.82) is 0 Å². The molecule has 0 aliphatic carbocycles. The van der Waals surface area contributed by atoms with Crippen molar-refractivity contribution >= 4 is 41.3 Å². The van der Waals surface area contributed by atoms with Crippen LogP contribution < -0.4 is 16.0 Å². The molecular weight excluding hydrogens is 471 g/mol. The number of non-ortho nitro benzene ring substituents is 1. The van der Waals surface area contributed by atoms with Crippen LogP contribution in [-0.4, -0.2) is 61.6 Å². The summed E-state index contributed by atoms with van der Waals surface area (Å²) in [4.78, 5) is 17.1. The van der Waals surface area contributed by atoms with Crippen molar-refractivity contribution in [2.24, 2.45) is 4.99 Å². The van der Waals surface area contributed by atoms with Crippen LogP contribution in [0.1, 0.15) is 32.6 Å². The Morgan fingerprint density at radius 3 is 2.57 bits per heavy atom. The van der Waals surface area contributed by atoms with Gasteiger partial charge in [0.25, 0.3) is 5.69 Å². The molecule has 0 spiro atoms. The van der Waals surface area contributed by atoms with Crippen LogP contribution in [0.2, 0.25) is 0 Å². The predicted molar refractivity (Wildman–Crippen MR) is 126 cm³/mol. The van der Waals surface area contributed by atoms with Crippen molar-refractivity contribution in [3.8, 4) is 0 Å². The van der Waals surface area contributed by atoms with Crippen molar-refractivity contribution < 1.29 is 4.92 Å². The fourth-order valence-corrected chi connectivity index (χ4v) is 3.29. The molecule has 8 nitrogen and oxygen atoms in total. The van der Waals surface area contributed by atoms with E-state index in [1.165, 1.54) is 37.9 Å². The first kappa shape index (κ1) is 24.4. The first-order valence-corrected chi connectivity index (χ1v) is 9.77. The number of halogens is 1. The molecule has 28 heavy (non-hydrogen) atoms. The lowest BCUT2D eigenvalue weighted by molar-refractivity contribution is -0.384. The molecule has 9 heteroatoms. The average molecular weight is 504 g/mol.